The fourth-order valence-corrected chi connectivity index (χ4v) is 3.43. The molecule has 1 saturated carbocycles. The topological polar surface area (TPSA) is 52.6 Å². The highest BCUT2D eigenvalue weighted by atomic mass is 16.6. The lowest BCUT2D eigenvalue weighted by molar-refractivity contribution is -0.158. The second-order valence-electron chi connectivity index (χ2n) is 6.63. The summed E-state index contributed by atoms with van der Waals surface area (Å²) in [7, 11) is 0. The third-order valence-corrected chi connectivity index (χ3v) is 4.56. The van der Waals surface area contributed by atoms with Crippen LogP contribution in [0.5, 0.6) is 0 Å². The van der Waals surface area contributed by atoms with Crippen LogP contribution >= 0.6 is 0 Å². The van der Waals surface area contributed by atoms with Crippen molar-refractivity contribution < 1.29 is 19.1 Å². The number of esters is 2. The van der Waals surface area contributed by atoms with Crippen molar-refractivity contribution >= 4 is 11.9 Å². The molecular weight excluding hydrogens is 244 g/mol. The van der Waals surface area contributed by atoms with E-state index in [4.69, 9.17) is 9.47 Å². The van der Waals surface area contributed by atoms with Gasteiger partial charge in [0, 0.05) is 6.42 Å². The Labute approximate surface area is 113 Å². The summed E-state index contributed by atoms with van der Waals surface area (Å²) in [4.78, 5) is 23.6. The van der Waals surface area contributed by atoms with Crippen LogP contribution in [-0.4, -0.2) is 24.6 Å². The minimum Gasteiger partial charge on any atom is -0.462 e. The van der Waals surface area contributed by atoms with Crippen molar-refractivity contribution in [1.29, 1.82) is 0 Å². The second kappa shape index (κ2) is 4.36. The second-order valence-corrected chi connectivity index (χ2v) is 6.63. The number of carbonyl (C=O) groups excluding carboxylic acids is 2. The van der Waals surface area contributed by atoms with Gasteiger partial charge in [0.15, 0.2) is 0 Å². The summed E-state index contributed by atoms with van der Waals surface area (Å²) >= 11 is 0. The zero-order valence-electron chi connectivity index (χ0n) is 11.4. The van der Waals surface area contributed by atoms with E-state index in [9.17, 15) is 9.59 Å². The van der Waals surface area contributed by atoms with E-state index in [1.165, 1.54) is 0 Å². The molecule has 19 heavy (non-hydrogen) atoms. The maximum Gasteiger partial charge on any atom is 0.312 e. The van der Waals surface area contributed by atoms with E-state index >= 15 is 0 Å². The Morgan fingerprint density at radius 2 is 2.21 bits per heavy atom. The van der Waals surface area contributed by atoms with Crippen LogP contribution in [0.4, 0.5) is 0 Å². The Morgan fingerprint density at radius 1 is 1.42 bits per heavy atom. The first-order chi connectivity index (χ1) is 8.95. The predicted molar refractivity (Wildman–Crippen MR) is 68.1 cm³/mol. The Kier molecular flexibility index (Phi) is 2.91. The zero-order valence-corrected chi connectivity index (χ0v) is 11.4. The molecule has 4 heteroatoms. The smallest absolute Gasteiger partial charge is 0.312 e. The summed E-state index contributed by atoms with van der Waals surface area (Å²) in [6.07, 6.45) is 6.69. The largest absolute Gasteiger partial charge is 0.462 e. The highest BCUT2D eigenvalue weighted by molar-refractivity contribution is 5.78. The Bertz CT molecular complexity index is 437. The van der Waals surface area contributed by atoms with E-state index in [0.717, 1.165) is 12.8 Å². The first-order valence-corrected chi connectivity index (χ1v) is 7.02. The summed E-state index contributed by atoms with van der Waals surface area (Å²) in [6, 6.07) is 0. The maximum absolute atomic E-state index is 12.0. The lowest BCUT2D eigenvalue weighted by Crippen LogP contribution is -2.26. The van der Waals surface area contributed by atoms with E-state index in [1.807, 2.05) is 13.8 Å². The Hall–Kier alpha value is -1.32. The fourth-order valence-electron chi connectivity index (χ4n) is 3.43. The van der Waals surface area contributed by atoms with Crippen LogP contribution in [0.1, 0.15) is 33.1 Å². The molecule has 0 radical (unpaired) electrons. The monoisotopic (exact) mass is 264 g/mol. The van der Waals surface area contributed by atoms with E-state index in [1.54, 1.807) is 0 Å². The molecule has 0 amide bonds. The first-order valence-electron chi connectivity index (χ1n) is 7.02. The molecule has 1 heterocycles. The van der Waals surface area contributed by atoms with Crippen LogP contribution < -0.4 is 0 Å². The third-order valence-electron chi connectivity index (χ3n) is 4.56. The van der Waals surface area contributed by atoms with Crippen LogP contribution in [0.25, 0.3) is 0 Å². The highest BCUT2D eigenvalue weighted by Crippen LogP contribution is 2.44. The van der Waals surface area contributed by atoms with Gasteiger partial charge >= 0.3 is 11.9 Å². The summed E-state index contributed by atoms with van der Waals surface area (Å²) in [5.41, 5.74) is -0.452. The van der Waals surface area contributed by atoms with E-state index < -0.39 is 5.41 Å². The fraction of sp³-hybridized carbons (Fsp3) is 0.733. The van der Waals surface area contributed by atoms with Crippen molar-refractivity contribution in [3.05, 3.63) is 12.2 Å². The van der Waals surface area contributed by atoms with Crippen molar-refractivity contribution in [2.45, 2.75) is 39.2 Å². The summed E-state index contributed by atoms with van der Waals surface area (Å²) in [6.45, 7) is 3.92. The van der Waals surface area contributed by atoms with Crippen LogP contribution in [0.2, 0.25) is 0 Å². The molecule has 0 aromatic heterocycles. The molecule has 0 aromatic rings. The van der Waals surface area contributed by atoms with Gasteiger partial charge in [-0.05, 0) is 38.5 Å². The van der Waals surface area contributed by atoms with Gasteiger partial charge in [-0.25, -0.2) is 0 Å². The molecule has 2 bridgehead atoms. The van der Waals surface area contributed by atoms with Gasteiger partial charge in [-0.3, -0.25) is 9.59 Å². The quantitative estimate of drug-likeness (QED) is 0.578. The standard InChI is InChI=1S/C15H20O4/c1-15(2)7-11(19-14(15)17)8-18-13(16)12-6-9-3-4-10(12)5-9/h3-4,9-12H,5-8H2,1-2H3. The minimum absolute atomic E-state index is 0.0140. The van der Waals surface area contributed by atoms with Gasteiger partial charge in [-0.2, -0.15) is 0 Å². The van der Waals surface area contributed by atoms with E-state index in [0.29, 0.717) is 18.3 Å². The van der Waals surface area contributed by atoms with Gasteiger partial charge in [0.1, 0.15) is 12.7 Å². The van der Waals surface area contributed by atoms with Crippen molar-refractivity contribution in [3.63, 3.8) is 0 Å². The van der Waals surface area contributed by atoms with Gasteiger partial charge in [0.25, 0.3) is 0 Å². The Balaban J connectivity index is 1.50. The number of hydrogen-bond donors (Lipinski definition) is 0. The number of hydrogen-bond acceptors (Lipinski definition) is 4. The van der Waals surface area contributed by atoms with Gasteiger partial charge in [0.2, 0.25) is 0 Å². The average molecular weight is 264 g/mol. The molecule has 4 nitrogen and oxygen atoms in total. The van der Waals surface area contributed by atoms with Gasteiger partial charge in [-0.15, -0.1) is 0 Å². The molecule has 1 aliphatic heterocycles. The third kappa shape index (κ3) is 2.28. The molecule has 0 spiro atoms. The lowest BCUT2D eigenvalue weighted by Gasteiger charge is -2.18. The molecule has 4 atom stereocenters. The summed E-state index contributed by atoms with van der Waals surface area (Å²) in [5.74, 6) is 0.611. The van der Waals surface area contributed by atoms with Gasteiger partial charge < -0.3 is 9.47 Å². The molecule has 2 fully saturated rings. The minimum atomic E-state index is -0.452. The van der Waals surface area contributed by atoms with Crippen molar-refractivity contribution in [2.75, 3.05) is 6.61 Å². The summed E-state index contributed by atoms with van der Waals surface area (Å²) in [5, 5.41) is 0. The zero-order chi connectivity index (χ0) is 13.6. The average Bonchev–Trinajstić information content (AvgIpc) is 3.02. The molecule has 0 aromatic carbocycles. The number of cyclic esters (lactones) is 1. The summed E-state index contributed by atoms with van der Waals surface area (Å²) < 4.78 is 10.6. The molecular formula is C15H20O4. The van der Waals surface area contributed by atoms with Crippen LogP contribution in [0.3, 0.4) is 0 Å². The van der Waals surface area contributed by atoms with Crippen molar-refractivity contribution in [3.8, 4) is 0 Å². The molecule has 3 aliphatic rings. The van der Waals surface area contributed by atoms with E-state index in [2.05, 4.69) is 12.2 Å². The van der Waals surface area contributed by atoms with Crippen molar-refractivity contribution in [1.82, 2.24) is 0 Å². The first kappa shape index (κ1) is 12.7. The van der Waals surface area contributed by atoms with Gasteiger partial charge in [0.05, 0.1) is 11.3 Å². The number of ether oxygens (including phenoxy) is 2. The molecule has 1 saturated heterocycles. The van der Waals surface area contributed by atoms with E-state index in [-0.39, 0.29) is 30.6 Å². The normalized spacial score (nSPS) is 38.5. The van der Waals surface area contributed by atoms with Crippen LogP contribution in [-0.2, 0) is 19.1 Å². The number of allylic oxidation sites excluding steroid dienone is 2. The number of rotatable bonds is 3. The highest BCUT2D eigenvalue weighted by Gasteiger charge is 2.43. The predicted octanol–water partition coefficient (Wildman–Crippen LogP) is 2.08. The molecule has 0 N–H and O–H groups in total. The molecule has 3 rings (SSSR count). The Morgan fingerprint density at radius 3 is 2.74 bits per heavy atom. The van der Waals surface area contributed by atoms with Crippen LogP contribution in [0.15, 0.2) is 12.2 Å². The maximum atomic E-state index is 12.0. The molecule has 4 unspecified atom stereocenters. The molecule has 104 valence electrons. The van der Waals surface area contributed by atoms with Gasteiger partial charge in [-0.1, -0.05) is 12.2 Å². The number of fused-ring (bicyclic) bond motifs is 2. The lowest BCUT2D eigenvalue weighted by atomic mass is 9.90. The van der Waals surface area contributed by atoms with Crippen LogP contribution in [0, 0.1) is 23.2 Å². The SMILES string of the molecule is CC1(C)CC(COC(=O)C2CC3C=CC2C3)OC1=O. The van der Waals surface area contributed by atoms with Crippen molar-refractivity contribution in [2.24, 2.45) is 23.2 Å². The number of carbonyl (C=O) groups is 2. The molecule has 2 aliphatic carbocycles.